The van der Waals surface area contributed by atoms with Crippen LogP contribution in [-0.2, 0) is 10.5 Å². The van der Waals surface area contributed by atoms with Gasteiger partial charge in [-0.2, -0.15) is 0 Å². The van der Waals surface area contributed by atoms with E-state index in [0.717, 1.165) is 29.8 Å². The molecule has 1 aliphatic rings. The van der Waals surface area contributed by atoms with Crippen molar-refractivity contribution >= 4 is 29.1 Å². The van der Waals surface area contributed by atoms with Crippen LogP contribution in [-0.4, -0.2) is 43.3 Å². The first-order chi connectivity index (χ1) is 11.7. The number of rotatable bonds is 5. The molecule has 2 aromatic rings. The molecule has 1 aromatic heterocycles. The molecule has 3 N–H and O–H groups in total. The maximum atomic E-state index is 6.24. The first kappa shape index (κ1) is 16.9. The van der Waals surface area contributed by atoms with E-state index in [4.69, 9.17) is 15.5 Å². The molecule has 1 fully saturated rings. The Morgan fingerprint density at radius 1 is 1.21 bits per heavy atom. The molecule has 0 aliphatic carbocycles. The predicted molar refractivity (Wildman–Crippen MR) is 99.8 cm³/mol. The molecule has 0 spiro atoms. The van der Waals surface area contributed by atoms with E-state index in [1.54, 1.807) is 11.8 Å². The summed E-state index contributed by atoms with van der Waals surface area (Å²) in [6, 6.07) is 8.53. The van der Waals surface area contributed by atoms with E-state index < -0.39 is 0 Å². The Hall–Kier alpha value is -1.99. The highest BCUT2D eigenvalue weighted by molar-refractivity contribution is 7.98. The Bertz CT molecular complexity index is 686. The van der Waals surface area contributed by atoms with Gasteiger partial charge < -0.3 is 20.7 Å². The van der Waals surface area contributed by atoms with Crippen LogP contribution in [0.15, 0.2) is 29.4 Å². The summed E-state index contributed by atoms with van der Waals surface area (Å²) in [5.41, 5.74) is 9.35. The van der Waals surface area contributed by atoms with E-state index in [-0.39, 0.29) is 0 Å². The fraction of sp³-hybridized carbons (Fsp3) is 0.412. The van der Waals surface area contributed by atoms with Gasteiger partial charge in [-0.25, -0.2) is 9.97 Å². The highest BCUT2D eigenvalue weighted by Crippen LogP contribution is 2.31. The maximum absolute atomic E-state index is 6.24. The topological polar surface area (TPSA) is 76.3 Å². The van der Waals surface area contributed by atoms with Gasteiger partial charge in [0.05, 0.1) is 13.2 Å². The zero-order chi connectivity index (χ0) is 16.9. The summed E-state index contributed by atoms with van der Waals surface area (Å²) in [4.78, 5) is 11.4. The molecule has 1 aromatic carbocycles. The number of nitrogens with zero attached hydrogens (tertiary/aromatic N) is 3. The van der Waals surface area contributed by atoms with Crippen molar-refractivity contribution in [3.8, 4) is 0 Å². The Balaban J connectivity index is 1.80. The lowest BCUT2D eigenvalue weighted by Gasteiger charge is -2.29. The molecule has 0 atom stereocenters. The normalized spacial score (nSPS) is 14.7. The van der Waals surface area contributed by atoms with Gasteiger partial charge >= 0.3 is 0 Å². The van der Waals surface area contributed by atoms with Crippen molar-refractivity contribution in [2.45, 2.75) is 17.8 Å². The zero-order valence-electron chi connectivity index (χ0n) is 14.1. The molecular weight excluding hydrogens is 322 g/mol. The fourth-order valence-corrected chi connectivity index (χ4v) is 3.34. The van der Waals surface area contributed by atoms with Crippen LogP contribution in [0.25, 0.3) is 0 Å². The number of aromatic nitrogens is 2. The summed E-state index contributed by atoms with van der Waals surface area (Å²) in [6.07, 6.45) is 0. The molecule has 6 nitrogen and oxygen atoms in total. The molecule has 7 heteroatoms. The first-order valence-corrected chi connectivity index (χ1v) is 9.02. The number of anilines is 3. The Morgan fingerprint density at radius 2 is 1.92 bits per heavy atom. The Kier molecular flexibility index (Phi) is 5.42. The number of benzene rings is 1. The third kappa shape index (κ3) is 3.91. The molecule has 24 heavy (non-hydrogen) atoms. The largest absolute Gasteiger partial charge is 0.393 e. The van der Waals surface area contributed by atoms with Crippen LogP contribution >= 0.6 is 11.8 Å². The zero-order valence-corrected chi connectivity index (χ0v) is 14.9. The SMILES string of the molecule is CNc1nc(SCc2ccc(C)cc2)nc(N2CCOCC2)c1N. The number of nitrogens with two attached hydrogens (primary N) is 1. The summed E-state index contributed by atoms with van der Waals surface area (Å²) in [5.74, 6) is 2.30. The lowest BCUT2D eigenvalue weighted by molar-refractivity contribution is 0.122. The van der Waals surface area contributed by atoms with E-state index in [0.29, 0.717) is 24.7 Å². The highest BCUT2D eigenvalue weighted by atomic mass is 32.2. The number of thioether (sulfide) groups is 1. The Morgan fingerprint density at radius 3 is 2.58 bits per heavy atom. The lowest BCUT2D eigenvalue weighted by atomic mass is 10.2. The molecule has 128 valence electrons. The van der Waals surface area contributed by atoms with E-state index in [2.05, 4.69) is 46.4 Å². The fourth-order valence-electron chi connectivity index (χ4n) is 2.54. The van der Waals surface area contributed by atoms with E-state index >= 15 is 0 Å². The monoisotopic (exact) mass is 345 g/mol. The summed E-state index contributed by atoms with van der Waals surface area (Å²) < 4.78 is 5.42. The minimum atomic E-state index is 0.596. The molecule has 0 bridgehead atoms. The van der Waals surface area contributed by atoms with E-state index in [9.17, 15) is 0 Å². The number of morpholine rings is 1. The molecular formula is C17H23N5OS. The minimum absolute atomic E-state index is 0.596. The van der Waals surface area contributed by atoms with Gasteiger partial charge in [-0.3, -0.25) is 0 Å². The van der Waals surface area contributed by atoms with Crippen molar-refractivity contribution in [2.24, 2.45) is 0 Å². The minimum Gasteiger partial charge on any atom is -0.393 e. The second kappa shape index (κ2) is 7.72. The number of hydrogen-bond acceptors (Lipinski definition) is 7. The van der Waals surface area contributed by atoms with Crippen molar-refractivity contribution in [1.82, 2.24) is 9.97 Å². The van der Waals surface area contributed by atoms with Gasteiger partial charge in [0.2, 0.25) is 0 Å². The van der Waals surface area contributed by atoms with Crippen LogP contribution in [0.3, 0.4) is 0 Å². The van der Waals surface area contributed by atoms with Gasteiger partial charge in [-0.05, 0) is 12.5 Å². The third-order valence-electron chi connectivity index (χ3n) is 3.94. The maximum Gasteiger partial charge on any atom is 0.191 e. The number of aryl methyl sites for hydroxylation is 1. The van der Waals surface area contributed by atoms with Gasteiger partial charge in [0, 0.05) is 25.9 Å². The number of ether oxygens (including phenoxy) is 1. The predicted octanol–water partition coefficient (Wildman–Crippen LogP) is 2.54. The second-order valence-electron chi connectivity index (χ2n) is 5.72. The average Bonchev–Trinajstić information content (AvgIpc) is 2.63. The number of nitrogen functional groups attached to an aromatic ring is 1. The third-order valence-corrected chi connectivity index (χ3v) is 4.86. The van der Waals surface area contributed by atoms with Crippen molar-refractivity contribution in [1.29, 1.82) is 0 Å². The summed E-state index contributed by atoms with van der Waals surface area (Å²) in [6.45, 7) is 5.08. The summed E-state index contributed by atoms with van der Waals surface area (Å²) in [7, 11) is 1.83. The van der Waals surface area contributed by atoms with Gasteiger partial charge in [-0.1, -0.05) is 41.6 Å². The van der Waals surface area contributed by atoms with Crippen molar-refractivity contribution in [3.63, 3.8) is 0 Å². The van der Waals surface area contributed by atoms with Crippen LogP contribution in [0, 0.1) is 6.92 Å². The Labute approximate surface area is 146 Å². The van der Waals surface area contributed by atoms with Gasteiger partial charge in [0.25, 0.3) is 0 Å². The summed E-state index contributed by atoms with van der Waals surface area (Å²) in [5, 5.41) is 3.81. The smallest absolute Gasteiger partial charge is 0.191 e. The summed E-state index contributed by atoms with van der Waals surface area (Å²) >= 11 is 1.62. The molecule has 0 unspecified atom stereocenters. The van der Waals surface area contributed by atoms with E-state index in [1.165, 1.54) is 11.1 Å². The standard InChI is InChI=1S/C17H23N5OS/c1-12-3-5-13(6-4-12)11-24-17-20-15(19-2)14(18)16(21-17)22-7-9-23-10-8-22/h3-6H,7-11,18H2,1-2H3,(H,19,20,21). The molecule has 3 rings (SSSR count). The van der Waals surface area contributed by atoms with Crippen LogP contribution in [0.1, 0.15) is 11.1 Å². The quantitative estimate of drug-likeness (QED) is 0.637. The van der Waals surface area contributed by atoms with Crippen molar-refractivity contribution in [2.75, 3.05) is 49.3 Å². The van der Waals surface area contributed by atoms with Crippen LogP contribution in [0.2, 0.25) is 0 Å². The average molecular weight is 345 g/mol. The van der Waals surface area contributed by atoms with Gasteiger partial charge in [0.15, 0.2) is 16.8 Å². The first-order valence-electron chi connectivity index (χ1n) is 8.03. The lowest BCUT2D eigenvalue weighted by Crippen LogP contribution is -2.37. The van der Waals surface area contributed by atoms with Crippen molar-refractivity contribution < 1.29 is 4.74 Å². The highest BCUT2D eigenvalue weighted by Gasteiger charge is 2.19. The molecule has 0 radical (unpaired) electrons. The molecule has 0 saturated carbocycles. The van der Waals surface area contributed by atoms with Crippen LogP contribution in [0.4, 0.5) is 17.3 Å². The number of hydrogen-bond donors (Lipinski definition) is 2. The number of nitrogens with one attached hydrogen (secondary N) is 1. The van der Waals surface area contributed by atoms with Crippen LogP contribution in [0.5, 0.6) is 0 Å². The molecule has 1 aliphatic heterocycles. The van der Waals surface area contributed by atoms with Gasteiger partial charge in [0.1, 0.15) is 5.69 Å². The molecule has 1 saturated heterocycles. The van der Waals surface area contributed by atoms with E-state index in [1.807, 2.05) is 7.05 Å². The second-order valence-corrected chi connectivity index (χ2v) is 6.66. The van der Waals surface area contributed by atoms with Crippen LogP contribution < -0.4 is 16.0 Å². The van der Waals surface area contributed by atoms with Crippen molar-refractivity contribution in [3.05, 3.63) is 35.4 Å². The molecule has 0 amide bonds. The molecule has 2 heterocycles. The van der Waals surface area contributed by atoms with Gasteiger partial charge in [-0.15, -0.1) is 0 Å².